The van der Waals surface area contributed by atoms with Gasteiger partial charge >= 0.3 is 12.1 Å². The number of hydrogen-bond acceptors (Lipinski definition) is 3. The van der Waals surface area contributed by atoms with Crippen LogP contribution < -0.4 is 5.32 Å². The van der Waals surface area contributed by atoms with Gasteiger partial charge in [-0.1, -0.05) is 6.07 Å². The van der Waals surface area contributed by atoms with Gasteiger partial charge in [0.25, 0.3) is 0 Å². The second kappa shape index (κ2) is 7.32. The Morgan fingerprint density at radius 2 is 1.76 bits per heavy atom. The summed E-state index contributed by atoms with van der Waals surface area (Å²) in [5.41, 5.74) is 0.0133. The lowest BCUT2D eigenvalue weighted by molar-refractivity contribution is -0.192. The number of carbonyl (C=O) groups is 1. The Bertz CT molecular complexity index is 468. The topological polar surface area (TPSA) is 58.6 Å². The van der Waals surface area contributed by atoms with Crippen LogP contribution in [0.25, 0.3) is 0 Å². The van der Waals surface area contributed by atoms with Gasteiger partial charge in [-0.2, -0.15) is 13.2 Å². The first-order valence-electron chi connectivity index (χ1n) is 5.77. The molecule has 1 fully saturated rings. The minimum atomic E-state index is -5.08. The van der Waals surface area contributed by atoms with E-state index >= 15 is 0 Å². The number of rotatable bonds is 3. The normalized spacial score (nSPS) is 14.9. The van der Waals surface area contributed by atoms with Crippen molar-refractivity contribution in [1.82, 2.24) is 5.32 Å². The quantitative estimate of drug-likeness (QED) is 0.839. The summed E-state index contributed by atoms with van der Waals surface area (Å²) >= 11 is 0. The minimum absolute atomic E-state index is 0.00481. The third-order valence-electron chi connectivity index (χ3n) is 2.51. The number of hydrogen-bond donors (Lipinski definition) is 2. The van der Waals surface area contributed by atoms with Crippen LogP contribution >= 0.6 is 0 Å². The molecule has 0 aromatic heterocycles. The van der Waals surface area contributed by atoms with E-state index in [9.17, 15) is 22.0 Å². The molecule has 1 aromatic carbocycles. The molecular formula is C12H12F5NO3. The van der Waals surface area contributed by atoms with Crippen LogP contribution in [0.5, 0.6) is 0 Å². The van der Waals surface area contributed by atoms with E-state index in [2.05, 4.69) is 5.32 Å². The third kappa shape index (κ3) is 5.64. The largest absolute Gasteiger partial charge is 0.490 e. The Hall–Kier alpha value is -1.74. The van der Waals surface area contributed by atoms with Crippen molar-refractivity contribution in [2.75, 3.05) is 13.1 Å². The number of halogens is 5. The van der Waals surface area contributed by atoms with E-state index in [0.717, 1.165) is 13.1 Å². The van der Waals surface area contributed by atoms with Crippen LogP contribution in [0.15, 0.2) is 18.2 Å². The predicted octanol–water partition coefficient (Wildman–Crippen LogP) is 2.09. The van der Waals surface area contributed by atoms with Crippen LogP contribution in [0.4, 0.5) is 22.0 Å². The van der Waals surface area contributed by atoms with Gasteiger partial charge in [0, 0.05) is 18.7 Å². The molecule has 0 atom stereocenters. The number of carboxylic acids is 1. The summed E-state index contributed by atoms with van der Waals surface area (Å²) in [5, 5.41) is 10.1. The minimum Gasteiger partial charge on any atom is -0.475 e. The molecule has 0 unspecified atom stereocenters. The summed E-state index contributed by atoms with van der Waals surface area (Å²) in [6, 6.07) is 3.82. The second-order valence-corrected chi connectivity index (χ2v) is 4.09. The van der Waals surface area contributed by atoms with Crippen LogP contribution in [0, 0.1) is 11.6 Å². The van der Waals surface area contributed by atoms with Crippen molar-refractivity contribution in [3.8, 4) is 0 Å². The lowest BCUT2D eigenvalue weighted by atomic mass is 10.2. The van der Waals surface area contributed by atoms with Crippen molar-refractivity contribution in [3.63, 3.8) is 0 Å². The zero-order valence-corrected chi connectivity index (χ0v) is 10.6. The fourth-order valence-corrected chi connectivity index (χ4v) is 1.25. The SMILES string of the molecule is Fc1cccc(F)c1COC1CNC1.O=C(O)C(F)(F)F. The van der Waals surface area contributed by atoms with Gasteiger partial charge in [-0.05, 0) is 12.1 Å². The maximum atomic E-state index is 13.1. The van der Waals surface area contributed by atoms with Gasteiger partial charge in [0.1, 0.15) is 11.6 Å². The van der Waals surface area contributed by atoms with E-state index in [1.807, 2.05) is 0 Å². The lowest BCUT2D eigenvalue weighted by Gasteiger charge is -2.27. The average Bonchev–Trinajstić information content (AvgIpc) is 2.30. The highest BCUT2D eigenvalue weighted by Gasteiger charge is 2.38. The molecular weight excluding hydrogens is 301 g/mol. The maximum Gasteiger partial charge on any atom is 0.490 e. The highest BCUT2D eigenvalue weighted by molar-refractivity contribution is 5.73. The molecule has 0 saturated carbocycles. The first-order chi connectivity index (χ1) is 9.71. The van der Waals surface area contributed by atoms with Crippen LogP contribution in [-0.2, 0) is 16.1 Å². The highest BCUT2D eigenvalue weighted by atomic mass is 19.4. The zero-order valence-electron chi connectivity index (χ0n) is 10.6. The van der Waals surface area contributed by atoms with Gasteiger partial charge in [0.05, 0.1) is 12.7 Å². The molecule has 1 aromatic rings. The number of alkyl halides is 3. The van der Waals surface area contributed by atoms with E-state index in [4.69, 9.17) is 14.6 Å². The van der Waals surface area contributed by atoms with Crippen LogP contribution in [-0.4, -0.2) is 36.4 Å². The summed E-state index contributed by atoms with van der Waals surface area (Å²) < 4.78 is 63.2. The standard InChI is InChI=1S/C10H11F2NO.C2HF3O2/c11-9-2-1-3-10(12)8(9)6-14-7-4-13-5-7;3-2(4,5)1(6)7/h1-3,7,13H,4-6H2;(H,6,7). The monoisotopic (exact) mass is 313 g/mol. The predicted molar refractivity (Wildman–Crippen MR) is 61.5 cm³/mol. The average molecular weight is 313 g/mol. The molecule has 21 heavy (non-hydrogen) atoms. The van der Waals surface area contributed by atoms with Gasteiger partial charge in [0.15, 0.2) is 0 Å². The Morgan fingerprint density at radius 1 is 1.29 bits per heavy atom. The Morgan fingerprint density at radius 3 is 2.10 bits per heavy atom. The molecule has 0 bridgehead atoms. The maximum absolute atomic E-state index is 13.1. The molecule has 1 saturated heterocycles. The molecule has 0 spiro atoms. The van der Waals surface area contributed by atoms with Gasteiger partial charge in [-0.25, -0.2) is 13.6 Å². The smallest absolute Gasteiger partial charge is 0.475 e. The summed E-state index contributed by atoms with van der Waals surface area (Å²) in [5.74, 6) is -3.85. The van der Waals surface area contributed by atoms with E-state index in [-0.39, 0.29) is 18.3 Å². The Labute approximate surface area is 116 Å². The van der Waals surface area contributed by atoms with Gasteiger partial charge < -0.3 is 15.2 Å². The molecule has 4 nitrogen and oxygen atoms in total. The van der Waals surface area contributed by atoms with E-state index in [0.29, 0.717) is 0 Å². The summed E-state index contributed by atoms with van der Waals surface area (Å²) in [4.78, 5) is 8.90. The van der Waals surface area contributed by atoms with Crippen molar-refractivity contribution in [3.05, 3.63) is 35.4 Å². The van der Waals surface area contributed by atoms with E-state index < -0.39 is 23.8 Å². The third-order valence-corrected chi connectivity index (χ3v) is 2.51. The molecule has 0 aliphatic carbocycles. The van der Waals surface area contributed by atoms with Gasteiger partial charge in [0.2, 0.25) is 0 Å². The van der Waals surface area contributed by atoms with Crippen molar-refractivity contribution < 1.29 is 36.6 Å². The highest BCUT2D eigenvalue weighted by Crippen LogP contribution is 2.14. The molecule has 1 aliphatic rings. The number of aliphatic carboxylic acids is 1. The van der Waals surface area contributed by atoms with Crippen molar-refractivity contribution >= 4 is 5.97 Å². The summed E-state index contributed by atoms with van der Waals surface area (Å²) in [7, 11) is 0. The van der Waals surface area contributed by atoms with Gasteiger partial charge in [-0.15, -0.1) is 0 Å². The molecule has 118 valence electrons. The molecule has 0 amide bonds. The van der Waals surface area contributed by atoms with Gasteiger partial charge in [-0.3, -0.25) is 0 Å². The number of benzene rings is 1. The first-order valence-corrected chi connectivity index (χ1v) is 5.77. The number of nitrogens with one attached hydrogen (secondary N) is 1. The second-order valence-electron chi connectivity index (χ2n) is 4.09. The Kier molecular flexibility index (Phi) is 6.03. The molecule has 2 N–H and O–H groups in total. The Balaban J connectivity index is 0.000000270. The number of ether oxygens (including phenoxy) is 1. The number of carboxylic acid groups (broad SMARTS) is 1. The van der Waals surface area contributed by atoms with Crippen LogP contribution in [0.1, 0.15) is 5.56 Å². The molecule has 0 radical (unpaired) electrons. The van der Waals surface area contributed by atoms with Crippen molar-refractivity contribution in [2.24, 2.45) is 0 Å². The molecule has 1 aliphatic heterocycles. The van der Waals surface area contributed by atoms with Crippen LogP contribution in [0.3, 0.4) is 0 Å². The first kappa shape index (κ1) is 17.3. The molecule has 1 heterocycles. The fourth-order valence-electron chi connectivity index (χ4n) is 1.25. The van der Waals surface area contributed by atoms with Crippen LogP contribution in [0.2, 0.25) is 0 Å². The van der Waals surface area contributed by atoms with E-state index in [1.54, 1.807) is 0 Å². The summed E-state index contributed by atoms with van der Waals surface area (Å²) in [6.45, 7) is 1.52. The van der Waals surface area contributed by atoms with Crippen molar-refractivity contribution in [2.45, 2.75) is 18.9 Å². The molecule has 2 rings (SSSR count). The zero-order chi connectivity index (χ0) is 16.0. The summed E-state index contributed by atoms with van der Waals surface area (Å²) in [6.07, 6.45) is -4.99. The van der Waals surface area contributed by atoms with Crippen molar-refractivity contribution in [1.29, 1.82) is 0 Å². The van der Waals surface area contributed by atoms with E-state index in [1.165, 1.54) is 18.2 Å². The lowest BCUT2D eigenvalue weighted by Crippen LogP contribution is -2.48. The molecule has 9 heteroatoms. The fraction of sp³-hybridized carbons (Fsp3) is 0.417.